The zero-order valence-electron chi connectivity index (χ0n) is 13.3. The molecule has 0 aromatic rings. The Labute approximate surface area is 125 Å². The highest BCUT2D eigenvalue weighted by Crippen LogP contribution is 2.44. The molecule has 20 heavy (non-hydrogen) atoms. The standard InChI is InChI=1S/C18H33NO/c1-2-19-16-8-6-7-15(13-16)14-17-9-12-18(20-17)10-4-3-5-11-18/h15-17,19H,2-14H2,1H3. The molecule has 0 radical (unpaired) electrons. The minimum absolute atomic E-state index is 0.318. The van der Waals surface area contributed by atoms with E-state index in [-0.39, 0.29) is 0 Å². The van der Waals surface area contributed by atoms with Crippen molar-refractivity contribution in [1.29, 1.82) is 0 Å². The minimum Gasteiger partial charge on any atom is -0.372 e. The van der Waals surface area contributed by atoms with Crippen molar-refractivity contribution in [3.8, 4) is 0 Å². The SMILES string of the molecule is CCNC1CCCC(CC2CCC3(CCCCC3)O2)C1. The molecule has 0 aromatic carbocycles. The molecule has 0 aromatic heterocycles. The fraction of sp³-hybridized carbons (Fsp3) is 1.00. The van der Waals surface area contributed by atoms with Crippen molar-refractivity contribution in [3.63, 3.8) is 0 Å². The van der Waals surface area contributed by atoms with E-state index in [4.69, 9.17) is 4.74 Å². The largest absolute Gasteiger partial charge is 0.372 e. The van der Waals surface area contributed by atoms with E-state index in [0.29, 0.717) is 11.7 Å². The highest BCUT2D eigenvalue weighted by atomic mass is 16.5. The fourth-order valence-electron chi connectivity index (χ4n) is 4.98. The Balaban J connectivity index is 1.46. The Morgan fingerprint density at radius 1 is 1.00 bits per heavy atom. The predicted octanol–water partition coefficient (Wildman–Crippen LogP) is 4.43. The van der Waals surface area contributed by atoms with E-state index < -0.39 is 0 Å². The molecule has 2 heteroatoms. The van der Waals surface area contributed by atoms with E-state index in [1.807, 2.05) is 0 Å². The van der Waals surface area contributed by atoms with Crippen LogP contribution in [0.15, 0.2) is 0 Å². The summed E-state index contributed by atoms with van der Waals surface area (Å²) in [6, 6.07) is 0.781. The van der Waals surface area contributed by atoms with Gasteiger partial charge in [-0.3, -0.25) is 0 Å². The van der Waals surface area contributed by atoms with Gasteiger partial charge in [-0.05, 0) is 57.4 Å². The lowest BCUT2D eigenvalue weighted by atomic mass is 9.81. The third-order valence-electron chi connectivity index (χ3n) is 5.98. The minimum atomic E-state index is 0.318. The number of hydrogen-bond donors (Lipinski definition) is 1. The molecule has 0 bridgehead atoms. The Kier molecular flexibility index (Phi) is 5.04. The van der Waals surface area contributed by atoms with Crippen LogP contribution in [0, 0.1) is 5.92 Å². The smallest absolute Gasteiger partial charge is 0.0687 e. The molecule has 0 amide bonds. The number of nitrogens with one attached hydrogen (secondary N) is 1. The molecule has 1 saturated heterocycles. The Morgan fingerprint density at radius 2 is 1.85 bits per heavy atom. The molecular formula is C18H33NO. The number of ether oxygens (including phenoxy) is 1. The fourth-order valence-corrected chi connectivity index (χ4v) is 4.98. The summed E-state index contributed by atoms with van der Waals surface area (Å²) < 4.78 is 6.57. The van der Waals surface area contributed by atoms with Gasteiger partial charge < -0.3 is 10.1 Å². The molecule has 3 aliphatic rings. The number of hydrogen-bond acceptors (Lipinski definition) is 2. The monoisotopic (exact) mass is 279 g/mol. The lowest BCUT2D eigenvalue weighted by molar-refractivity contribution is -0.0713. The highest BCUT2D eigenvalue weighted by Gasteiger charge is 2.41. The molecule has 1 N–H and O–H groups in total. The molecule has 1 heterocycles. The van der Waals surface area contributed by atoms with Crippen LogP contribution in [0.25, 0.3) is 0 Å². The second kappa shape index (κ2) is 6.79. The third-order valence-corrected chi connectivity index (χ3v) is 5.98. The molecule has 2 saturated carbocycles. The Morgan fingerprint density at radius 3 is 2.65 bits per heavy atom. The maximum atomic E-state index is 6.57. The Bertz CT molecular complexity index is 296. The van der Waals surface area contributed by atoms with Crippen LogP contribution in [-0.2, 0) is 4.74 Å². The van der Waals surface area contributed by atoms with Crippen molar-refractivity contribution in [2.45, 2.75) is 102 Å². The highest BCUT2D eigenvalue weighted by molar-refractivity contribution is 4.92. The van der Waals surface area contributed by atoms with Crippen molar-refractivity contribution in [3.05, 3.63) is 0 Å². The summed E-state index contributed by atoms with van der Waals surface area (Å²) in [6.45, 7) is 3.36. The second-order valence-corrected chi connectivity index (χ2v) is 7.55. The van der Waals surface area contributed by atoms with Crippen molar-refractivity contribution >= 4 is 0 Å². The van der Waals surface area contributed by atoms with Gasteiger partial charge in [0.1, 0.15) is 0 Å². The van der Waals surface area contributed by atoms with E-state index in [0.717, 1.165) is 18.5 Å². The molecular weight excluding hydrogens is 246 g/mol. The first-order valence-electron chi connectivity index (χ1n) is 9.21. The molecule has 3 unspecified atom stereocenters. The average Bonchev–Trinajstić information content (AvgIpc) is 2.83. The van der Waals surface area contributed by atoms with E-state index >= 15 is 0 Å². The van der Waals surface area contributed by atoms with Crippen molar-refractivity contribution < 1.29 is 4.74 Å². The second-order valence-electron chi connectivity index (χ2n) is 7.55. The normalized spacial score (nSPS) is 37.4. The molecule has 2 aliphatic carbocycles. The first-order chi connectivity index (χ1) is 9.80. The van der Waals surface area contributed by atoms with Gasteiger partial charge in [0.25, 0.3) is 0 Å². The van der Waals surface area contributed by atoms with Gasteiger partial charge in [0, 0.05) is 6.04 Å². The van der Waals surface area contributed by atoms with Gasteiger partial charge >= 0.3 is 0 Å². The van der Waals surface area contributed by atoms with Crippen LogP contribution in [0.2, 0.25) is 0 Å². The van der Waals surface area contributed by atoms with Crippen molar-refractivity contribution in [2.24, 2.45) is 5.92 Å². The predicted molar refractivity (Wildman–Crippen MR) is 84.0 cm³/mol. The van der Waals surface area contributed by atoms with Crippen LogP contribution < -0.4 is 5.32 Å². The molecule has 3 atom stereocenters. The zero-order chi connectivity index (χ0) is 13.8. The maximum Gasteiger partial charge on any atom is 0.0687 e. The lowest BCUT2D eigenvalue weighted by Gasteiger charge is -2.35. The van der Waals surface area contributed by atoms with E-state index in [2.05, 4.69) is 12.2 Å². The summed E-state index contributed by atoms with van der Waals surface area (Å²) in [5.41, 5.74) is 0.318. The van der Waals surface area contributed by atoms with Gasteiger partial charge in [-0.15, -0.1) is 0 Å². The van der Waals surface area contributed by atoms with E-state index in [1.54, 1.807) is 0 Å². The molecule has 116 valence electrons. The first kappa shape index (κ1) is 14.8. The average molecular weight is 279 g/mol. The van der Waals surface area contributed by atoms with Gasteiger partial charge in [0.15, 0.2) is 0 Å². The topological polar surface area (TPSA) is 21.3 Å². The van der Waals surface area contributed by atoms with Crippen LogP contribution in [0.4, 0.5) is 0 Å². The van der Waals surface area contributed by atoms with Crippen LogP contribution in [-0.4, -0.2) is 24.3 Å². The molecule has 2 nitrogen and oxygen atoms in total. The lowest BCUT2D eigenvalue weighted by Crippen LogP contribution is -2.35. The van der Waals surface area contributed by atoms with E-state index in [9.17, 15) is 0 Å². The van der Waals surface area contributed by atoms with Gasteiger partial charge in [-0.1, -0.05) is 39.0 Å². The van der Waals surface area contributed by atoms with Crippen LogP contribution >= 0.6 is 0 Å². The molecule has 3 fully saturated rings. The van der Waals surface area contributed by atoms with Crippen molar-refractivity contribution in [1.82, 2.24) is 5.32 Å². The van der Waals surface area contributed by atoms with Gasteiger partial charge in [0.05, 0.1) is 11.7 Å². The summed E-state index contributed by atoms with van der Waals surface area (Å²) in [6.07, 6.45) is 17.2. The first-order valence-corrected chi connectivity index (χ1v) is 9.21. The number of rotatable bonds is 4. The third kappa shape index (κ3) is 3.57. The maximum absolute atomic E-state index is 6.57. The zero-order valence-corrected chi connectivity index (χ0v) is 13.3. The van der Waals surface area contributed by atoms with Gasteiger partial charge in [0.2, 0.25) is 0 Å². The van der Waals surface area contributed by atoms with E-state index in [1.165, 1.54) is 77.0 Å². The van der Waals surface area contributed by atoms with Crippen molar-refractivity contribution in [2.75, 3.05) is 6.54 Å². The van der Waals surface area contributed by atoms with Crippen LogP contribution in [0.3, 0.4) is 0 Å². The summed E-state index contributed by atoms with van der Waals surface area (Å²) in [5.74, 6) is 0.913. The molecule has 1 aliphatic heterocycles. The van der Waals surface area contributed by atoms with Crippen LogP contribution in [0.1, 0.15) is 84.0 Å². The van der Waals surface area contributed by atoms with Gasteiger partial charge in [-0.2, -0.15) is 0 Å². The molecule has 3 rings (SSSR count). The Hall–Kier alpha value is -0.0800. The van der Waals surface area contributed by atoms with Gasteiger partial charge in [-0.25, -0.2) is 0 Å². The summed E-state index contributed by atoms with van der Waals surface area (Å²) in [4.78, 5) is 0. The molecule has 1 spiro atoms. The summed E-state index contributed by atoms with van der Waals surface area (Å²) >= 11 is 0. The van der Waals surface area contributed by atoms with Crippen LogP contribution in [0.5, 0.6) is 0 Å². The summed E-state index contributed by atoms with van der Waals surface area (Å²) in [7, 11) is 0. The quantitative estimate of drug-likeness (QED) is 0.822. The summed E-state index contributed by atoms with van der Waals surface area (Å²) in [5, 5.41) is 3.66.